The summed E-state index contributed by atoms with van der Waals surface area (Å²) in [6.45, 7) is 0. The molecule has 0 bridgehead atoms. The van der Waals surface area contributed by atoms with Crippen LogP contribution in [-0.4, -0.2) is 0 Å². The van der Waals surface area contributed by atoms with Crippen molar-refractivity contribution in [3.05, 3.63) is 48.2 Å². The summed E-state index contributed by atoms with van der Waals surface area (Å²) in [7, 11) is 0. The van der Waals surface area contributed by atoms with Gasteiger partial charge in [-0.2, -0.15) is 0 Å². The van der Waals surface area contributed by atoms with E-state index < -0.39 is 0 Å². The Labute approximate surface area is 171 Å². The van der Waals surface area contributed by atoms with Crippen LogP contribution < -0.4 is 116 Å². The summed E-state index contributed by atoms with van der Waals surface area (Å²) in [5, 5.41) is 0. The third-order valence-corrected chi connectivity index (χ3v) is 1.17. The quantitative estimate of drug-likeness (QED) is 0.335. The molecular weight excluding hydrogens is 291 g/mol. The minimum Gasteiger partial charge on any atom is -0.366 e. The summed E-state index contributed by atoms with van der Waals surface area (Å²) >= 11 is 0. The van der Waals surface area contributed by atoms with Gasteiger partial charge < -0.3 is 12.8 Å². The van der Waals surface area contributed by atoms with E-state index in [0.29, 0.717) is 0 Å². The molecule has 0 heterocycles. The van der Waals surface area contributed by atoms with Gasteiger partial charge in [-0.3, -0.25) is 11.8 Å². The Morgan fingerprint density at radius 2 is 1.00 bits per heavy atom. The molecule has 0 nitrogen and oxygen atoms in total. The van der Waals surface area contributed by atoms with Gasteiger partial charge in [0.15, 0.2) is 0 Å². The first kappa shape index (κ1) is 16.4. The first-order valence-electron chi connectivity index (χ1n) is 2.82. The Kier molecular flexibility index (Phi) is 13.0. The maximum absolute atomic E-state index is 6.75. The van der Waals surface area contributed by atoms with Crippen LogP contribution in [0.15, 0.2) is 24.3 Å². The van der Waals surface area contributed by atoms with Crippen molar-refractivity contribution in [3.63, 3.8) is 0 Å². The van der Waals surface area contributed by atoms with Crippen LogP contribution in [0.3, 0.4) is 0 Å². The molecule has 0 amide bonds. The third-order valence-electron chi connectivity index (χ3n) is 1.17. The summed E-state index contributed by atoms with van der Waals surface area (Å²) in [5.41, 5.74) is 1.44. The Bertz CT molecular complexity index is 265. The van der Waals surface area contributed by atoms with Crippen molar-refractivity contribution in [1.29, 1.82) is 0 Å². The number of hydrogen-bond acceptors (Lipinski definition) is 0. The van der Waals surface area contributed by atoms with Crippen LogP contribution in [0.4, 0.5) is 0 Å². The largest absolute Gasteiger partial charge is 1.00 e. The number of rotatable bonds is 0. The van der Waals surface area contributed by atoms with Gasteiger partial charge in [-0.1, -0.05) is 0 Å². The summed E-state index contributed by atoms with van der Waals surface area (Å²) < 4.78 is 0. The monoisotopic (exact) mass is 294 g/mol. The van der Waals surface area contributed by atoms with Gasteiger partial charge in [0.25, 0.3) is 0 Å². The van der Waals surface area contributed by atoms with E-state index in [-0.39, 0.29) is 116 Å². The van der Waals surface area contributed by atoms with Gasteiger partial charge in [-0.15, -0.1) is 35.4 Å². The van der Waals surface area contributed by atoms with Crippen LogP contribution in [0, 0.1) is 24.7 Å². The Morgan fingerprint density at radius 1 is 0.750 bits per heavy atom. The van der Waals surface area contributed by atoms with Crippen molar-refractivity contribution < 1.29 is 116 Å². The minimum absolute atomic E-state index is 0. The molecule has 2 heteroatoms. The van der Waals surface area contributed by atoms with Crippen LogP contribution in [0.1, 0.15) is 11.1 Å². The first-order valence-corrected chi connectivity index (χ1v) is 2.82. The molecule has 0 unspecified atom stereocenters. The van der Waals surface area contributed by atoms with Crippen molar-refractivity contribution in [3.8, 4) is 11.8 Å². The summed E-state index contributed by atoms with van der Waals surface area (Å²) in [6.07, 6.45) is 13.5. The van der Waals surface area contributed by atoms with E-state index in [2.05, 4.69) is 11.8 Å². The second kappa shape index (κ2) is 9.50. The second-order valence-electron chi connectivity index (χ2n) is 1.83. The normalized spacial score (nSPS) is 6.50. The van der Waals surface area contributed by atoms with Gasteiger partial charge in [-0.25, -0.2) is 0 Å². The molecule has 0 spiro atoms. The van der Waals surface area contributed by atoms with Crippen molar-refractivity contribution in [2.75, 3.05) is 0 Å². The standard InChI is InChI=1S/C10H4.2Rb/c1-3-9-5-7-10(4-2)8-6-9;;/h5-8H;;/q-2;2*+1. The molecule has 0 saturated carbocycles. The second-order valence-corrected chi connectivity index (χ2v) is 1.83. The Hall–Kier alpha value is 1.95. The maximum Gasteiger partial charge on any atom is 1.00 e. The molecule has 0 atom stereocenters. The molecule has 0 aliphatic carbocycles. The van der Waals surface area contributed by atoms with Gasteiger partial charge in [0.05, 0.1) is 0 Å². The topological polar surface area (TPSA) is 0 Å². The van der Waals surface area contributed by atoms with Gasteiger partial charge in [0.2, 0.25) is 0 Å². The average Bonchev–Trinajstić information content (AvgIpc) is 2.05. The van der Waals surface area contributed by atoms with Crippen molar-refractivity contribution >= 4 is 0 Å². The maximum atomic E-state index is 6.75. The van der Waals surface area contributed by atoms with Crippen LogP contribution in [0.5, 0.6) is 0 Å². The van der Waals surface area contributed by atoms with E-state index in [4.69, 9.17) is 12.8 Å². The molecule has 1 aromatic carbocycles. The zero-order chi connectivity index (χ0) is 7.40. The smallest absolute Gasteiger partial charge is 0.366 e. The predicted molar refractivity (Wildman–Crippen MR) is 38.9 cm³/mol. The molecule has 0 N–H and O–H groups in total. The third kappa shape index (κ3) is 5.63. The van der Waals surface area contributed by atoms with Gasteiger partial charge >= 0.3 is 116 Å². The predicted octanol–water partition coefficient (Wildman–Crippen LogP) is -4.43. The van der Waals surface area contributed by atoms with Gasteiger partial charge in [0.1, 0.15) is 0 Å². The molecular formula is C10H4Rb2. The zero-order valence-corrected chi connectivity index (χ0v) is 17.1. The molecule has 46 valence electrons. The van der Waals surface area contributed by atoms with E-state index in [9.17, 15) is 0 Å². The van der Waals surface area contributed by atoms with Gasteiger partial charge in [0, 0.05) is 0 Å². The van der Waals surface area contributed by atoms with E-state index in [1.54, 1.807) is 24.3 Å². The fraction of sp³-hybridized carbons (Fsp3) is 0. The summed E-state index contributed by atoms with van der Waals surface area (Å²) in [4.78, 5) is 0. The van der Waals surface area contributed by atoms with E-state index in [0.717, 1.165) is 11.1 Å². The van der Waals surface area contributed by atoms with Crippen LogP contribution >= 0.6 is 0 Å². The molecule has 0 radical (unpaired) electrons. The van der Waals surface area contributed by atoms with Crippen LogP contribution in [0.25, 0.3) is 0 Å². The SMILES string of the molecule is [C-]#Cc1ccc(C#[C-])cc1.[Rb+].[Rb+]. The summed E-state index contributed by atoms with van der Waals surface area (Å²) in [6, 6.07) is 6.90. The Morgan fingerprint density at radius 3 is 1.17 bits per heavy atom. The fourth-order valence-corrected chi connectivity index (χ4v) is 0.637. The molecule has 0 aromatic heterocycles. The first-order chi connectivity index (χ1) is 4.86. The van der Waals surface area contributed by atoms with E-state index in [1.807, 2.05) is 0 Å². The van der Waals surface area contributed by atoms with Crippen molar-refractivity contribution in [1.82, 2.24) is 0 Å². The van der Waals surface area contributed by atoms with E-state index in [1.165, 1.54) is 0 Å². The zero-order valence-electron chi connectivity index (χ0n) is 7.31. The number of benzene rings is 1. The van der Waals surface area contributed by atoms with Crippen molar-refractivity contribution in [2.24, 2.45) is 0 Å². The van der Waals surface area contributed by atoms with Gasteiger partial charge in [-0.05, 0) is 0 Å². The fourth-order valence-electron chi connectivity index (χ4n) is 0.637. The molecule has 1 aromatic rings. The van der Waals surface area contributed by atoms with E-state index >= 15 is 0 Å². The van der Waals surface area contributed by atoms with Crippen LogP contribution in [0.2, 0.25) is 0 Å². The average molecular weight is 295 g/mol. The molecule has 1 rings (SSSR count). The minimum atomic E-state index is 0. The number of hydrogen-bond donors (Lipinski definition) is 0. The molecule has 0 fully saturated rings. The van der Waals surface area contributed by atoms with Crippen LogP contribution in [-0.2, 0) is 0 Å². The molecule has 12 heavy (non-hydrogen) atoms. The Balaban J connectivity index is 0. The summed E-state index contributed by atoms with van der Waals surface area (Å²) in [5.74, 6) is 4.48. The molecule has 0 aliphatic heterocycles. The molecule has 0 aliphatic rings. The van der Waals surface area contributed by atoms with Crippen molar-refractivity contribution in [2.45, 2.75) is 0 Å². The molecule has 0 saturated heterocycles.